The maximum Gasteiger partial charge on any atom is 0.282 e. The lowest BCUT2D eigenvalue weighted by atomic mass is 9.91. The van der Waals surface area contributed by atoms with Crippen LogP contribution in [-0.2, 0) is 10.8 Å². The standard InChI is InChI=1S/C42H52F3N5OSSi/c1-30-25-35-34-20-11-12-21-36(34)48-38(35)39(37-26-46-40(52-37)47-31-15-13-23-49(27-31)24-14-22-43)50(30)28-42(44,45)29-51-53(41(2,3)4,32-16-7-5-8-17-32)33-18-9-6-10-19-33/h5-12,16-21,26,30-31,39,48H,13-15,22-25,27-29H2,1-4H3,(H,46,47)/t30-,31+,39-/m1/s1. The van der Waals surface area contributed by atoms with Crippen molar-refractivity contribution in [1.82, 2.24) is 19.8 Å². The maximum absolute atomic E-state index is 16.8. The molecular formula is C42H52F3N5OSSi. The first-order valence-corrected chi connectivity index (χ1v) is 21.7. The van der Waals surface area contributed by atoms with E-state index in [0.717, 1.165) is 69.5 Å². The molecule has 0 radical (unpaired) electrons. The third kappa shape index (κ3) is 7.87. The van der Waals surface area contributed by atoms with Crippen LogP contribution in [-0.4, -0.2) is 85.6 Å². The first-order chi connectivity index (χ1) is 25.5. The van der Waals surface area contributed by atoms with Crippen LogP contribution in [0.15, 0.2) is 91.1 Å². The van der Waals surface area contributed by atoms with Gasteiger partial charge in [0.2, 0.25) is 0 Å². The van der Waals surface area contributed by atoms with Gasteiger partial charge in [0.05, 0.1) is 25.9 Å². The van der Waals surface area contributed by atoms with Crippen molar-refractivity contribution >= 4 is 46.1 Å². The van der Waals surface area contributed by atoms with Crippen molar-refractivity contribution in [2.75, 3.05) is 44.8 Å². The minimum Gasteiger partial charge on any atom is -0.401 e. The number of rotatable bonds is 13. The van der Waals surface area contributed by atoms with Crippen molar-refractivity contribution in [3.63, 3.8) is 0 Å². The number of aromatic nitrogens is 2. The summed E-state index contributed by atoms with van der Waals surface area (Å²) in [6.45, 7) is 9.52. The third-order valence-corrected chi connectivity index (χ3v) is 17.0. The molecule has 0 spiro atoms. The molecule has 5 aromatic rings. The van der Waals surface area contributed by atoms with Gasteiger partial charge in [-0.25, -0.2) is 13.8 Å². The number of benzene rings is 3. The van der Waals surface area contributed by atoms with Crippen molar-refractivity contribution in [1.29, 1.82) is 0 Å². The summed E-state index contributed by atoms with van der Waals surface area (Å²) in [6.07, 6.45) is 5.11. The van der Waals surface area contributed by atoms with Gasteiger partial charge < -0.3 is 19.6 Å². The molecule has 0 unspecified atom stereocenters. The predicted octanol–water partition coefficient (Wildman–Crippen LogP) is 8.41. The lowest BCUT2D eigenvalue weighted by molar-refractivity contribution is -0.0818. The molecule has 1 fully saturated rings. The van der Waals surface area contributed by atoms with E-state index in [-0.39, 0.29) is 18.8 Å². The van der Waals surface area contributed by atoms with Gasteiger partial charge in [-0.1, -0.05) is 99.6 Å². The van der Waals surface area contributed by atoms with E-state index in [2.05, 4.69) is 55.0 Å². The lowest BCUT2D eigenvalue weighted by Gasteiger charge is -2.45. The van der Waals surface area contributed by atoms with E-state index in [9.17, 15) is 4.39 Å². The lowest BCUT2D eigenvalue weighted by Crippen LogP contribution is -2.67. The number of nitrogens with one attached hydrogen (secondary N) is 2. The van der Waals surface area contributed by atoms with Crippen LogP contribution in [0.25, 0.3) is 10.9 Å². The molecule has 0 saturated carbocycles. The molecule has 0 aliphatic carbocycles. The number of anilines is 1. The first kappa shape index (κ1) is 37.8. The molecule has 6 nitrogen and oxygen atoms in total. The number of alkyl halides is 3. The number of hydrogen-bond donors (Lipinski definition) is 2. The van der Waals surface area contributed by atoms with Crippen molar-refractivity contribution in [3.8, 4) is 0 Å². The van der Waals surface area contributed by atoms with Gasteiger partial charge in [0.1, 0.15) is 0 Å². The summed E-state index contributed by atoms with van der Waals surface area (Å²) in [5.41, 5.74) is 3.15. The fourth-order valence-corrected chi connectivity index (χ4v) is 14.3. The van der Waals surface area contributed by atoms with E-state index in [1.807, 2.05) is 83.9 Å². The molecule has 53 heavy (non-hydrogen) atoms. The average molecular weight is 760 g/mol. The van der Waals surface area contributed by atoms with Gasteiger partial charge in [-0.3, -0.25) is 9.29 Å². The molecule has 2 aromatic heterocycles. The van der Waals surface area contributed by atoms with Crippen LogP contribution < -0.4 is 15.7 Å². The number of nitrogens with zero attached hydrogens (tertiary/aromatic N) is 3. The molecule has 0 bridgehead atoms. The summed E-state index contributed by atoms with van der Waals surface area (Å²) in [7, 11) is -3.18. The molecule has 2 N–H and O–H groups in total. The van der Waals surface area contributed by atoms with Gasteiger partial charge in [0, 0.05) is 52.8 Å². The first-order valence-electron chi connectivity index (χ1n) is 19.0. The summed E-state index contributed by atoms with van der Waals surface area (Å²) >= 11 is 1.54. The quantitative estimate of drug-likeness (QED) is 0.118. The number of fused-ring (bicyclic) bond motifs is 3. The Labute approximate surface area is 316 Å². The Kier molecular flexibility index (Phi) is 11.2. The second-order valence-electron chi connectivity index (χ2n) is 15.9. The van der Waals surface area contributed by atoms with Crippen LogP contribution in [0.2, 0.25) is 5.04 Å². The second-order valence-corrected chi connectivity index (χ2v) is 21.3. The van der Waals surface area contributed by atoms with Crippen molar-refractivity contribution < 1.29 is 17.6 Å². The molecule has 3 aromatic carbocycles. The Balaban J connectivity index is 1.19. The number of H-pyrrole nitrogens is 1. The highest BCUT2D eigenvalue weighted by Crippen LogP contribution is 2.45. The zero-order valence-corrected chi connectivity index (χ0v) is 33.1. The summed E-state index contributed by atoms with van der Waals surface area (Å²) in [6, 6.07) is 27.8. The molecule has 4 heterocycles. The normalized spacial score (nSPS) is 20.5. The fraction of sp³-hybridized carbons (Fsp3) is 0.452. The zero-order chi connectivity index (χ0) is 37.2. The van der Waals surface area contributed by atoms with Gasteiger partial charge in [-0.2, -0.15) is 0 Å². The molecule has 1 saturated heterocycles. The van der Waals surface area contributed by atoms with Crippen LogP contribution in [0, 0.1) is 0 Å². The van der Waals surface area contributed by atoms with Crippen LogP contribution in [0.3, 0.4) is 0 Å². The van der Waals surface area contributed by atoms with E-state index in [1.165, 1.54) is 5.56 Å². The summed E-state index contributed by atoms with van der Waals surface area (Å²) in [5, 5.41) is 7.10. The van der Waals surface area contributed by atoms with Crippen LogP contribution in [0.4, 0.5) is 18.3 Å². The minimum absolute atomic E-state index is 0.161. The fourth-order valence-electron chi connectivity index (χ4n) is 8.66. The molecule has 0 amide bonds. The number of aromatic amines is 1. The van der Waals surface area contributed by atoms with E-state index in [0.29, 0.717) is 12.8 Å². The largest absolute Gasteiger partial charge is 0.401 e. The molecule has 2 aliphatic heterocycles. The minimum atomic E-state index is -3.18. The molecule has 7 rings (SSSR count). The van der Waals surface area contributed by atoms with Gasteiger partial charge in [0.25, 0.3) is 14.2 Å². The maximum atomic E-state index is 16.8. The topological polar surface area (TPSA) is 56.4 Å². The highest BCUT2D eigenvalue weighted by atomic mass is 32.1. The number of likely N-dealkylation sites (tertiary alicyclic amines) is 1. The van der Waals surface area contributed by atoms with Gasteiger partial charge in [-0.05, 0) is 66.2 Å². The highest BCUT2D eigenvalue weighted by Gasteiger charge is 2.52. The number of para-hydroxylation sites is 1. The Morgan fingerprint density at radius 1 is 0.981 bits per heavy atom. The van der Waals surface area contributed by atoms with E-state index in [1.54, 1.807) is 11.3 Å². The monoisotopic (exact) mass is 759 g/mol. The predicted molar refractivity (Wildman–Crippen MR) is 214 cm³/mol. The zero-order valence-electron chi connectivity index (χ0n) is 31.3. The molecule has 282 valence electrons. The number of piperidine rings is 1. The second kappa shape index (κ2) is 15.7. The molecule has 2 aliphatic rings. The Bertz CT molecular complexity index is 1910. The van der Waals surface area contributed by atoms with E-state index >= 15 is 8.78 Å². The Hall–Kier alpha value is -3.48. The van der Waals surface area contributed by atoms with Crippen molar-refractivity contribution in [3.05, 3.63) is 107 Å². The Morgan fingerprint density at radius 3 is 2.34 bits per heavy atom. The average Bonchev–Trinajstić information content (AvgIpc) is 3.76. The smallest absolute Gasteiger partial charge is 0.282 e. The van der Waals surface area contributed by atoms with Crippen LogP contribution in [0.1, 0.15) is 69.1 Å². The highest BCUT2D eigenvalue weighted by molar-refractivity contribution is 7.15. The molecule has 3 atom stereocenters. The van der Waals surface area contributed by atoms with E-state index < -0.39 is 38.5 Å². The van der Waals surface area contributed by atoms with Crippen molar-refractivity contribution in [2.45, 2.75) is 82.5 Å². The SMILES string of the molecule is C[C@@H]1Cc2c([nH]c3ccccc23)[C@@H](c2cnc(N[C@H]3CCCN(CCCF)C3)s2)N1CC(F)(F)CO[Si](c1ccccc1)(c1ccccc1)C(C)(C)C. The molecule has 11 heteroatoms. The Morgan fingerprint density at radius 2 is 1.66 bits per heavy atom. The number of halogens is 3. The summed E-state index contributed by atoms with van der Waals surface area (Å²) in [4.78, 5) is 13.6. The summed E-state index contributed by atoms with van der Waals surface area (Å²) in [5.74, 6) is -3.15. The van der Waals surface area contributed by atoms with E-state index in [4.69, 9.17) is 9.41 Å². The van der Waals surface area contributed by atoms with Crippen LogP contribution in [0.5, 0.6) is 0 Å². The van der Waals surface area contributed by atoms with Gasteiger partial charge in [0.15, 0.2) is 5.13 Å². The number of hydrogen-bond acceptors (Lipinski definition) is 6. The summed E-state index contributed by atoms with van der Waals surface area (Å²) < 4.78 is 53.3. The van der Waals surface area contributed by atoms with Gasteiger partial charge in [-0.15, -0.1) is 11.3 Å². The number of thiazole rings is 1. The van der Waals surface area contributed by atoms with Crippen molar-refractivity contribution in [2.24, 2.45) is 0 Å². The third-order valence-electron chi connectivity index (χ3n) is 11.1. The molecular weight excluding hydrogens is 708 g/mol. The van der Waals surface area contributed by atoms with Gasteiger partial charge >= 0.3 is 0 Å². The van der Waals surface area contributed by atoms with Crippen LogP contribution >= 0.6 is 11.3 Å².